The summed E-state index contributed by atoms with van der Waals surface area (Å²) in [5.41, 5.74) is 2.95. The van der Waals surface area contributed by atoms with E-state index in [4.69, 9.17) is 0 Å². The second kappa shape index (κ2) is 6.80. The maximum absolute atomic E-state index is 11.5. The molecule has 2 N–H and O–H groups in total. The summed E-state index contributed by atoms with van der Waals surface area (Å²) in [7, 11) is 0. The molecule has 4 nitrogen and oxygen atoms in total. The SMILES string of the molecule is CC(C)NCCC(=O)NN1CCCCC1. The molecule has 0 atom stereocenters. The highest BCUT2D eigenvalue weighted by molar-refractivity contribution is 5.75. The van der Waals surface area contributed by atoms with E-state index in [1.54, 1.807) is 0 Å². The van der Waals surface area contributed by atoms with Crippen molar-refractivity contribution in [2.45, 2.75) is 45.6 Å². The lowest BCUT2D eigenvalue weighted by molar-refractivity contribution is -0.126. The Morgan fingerprint density at radius 2 is 1.93 bits per heavy atom. The number of rotatable bonds is 5. The third kappa shape index (κ3) is 5.74. The van der Waals surface area contributed by atoms with Crippen LogP contribution < -0.4 is 10.7 Å². The summed E-state index contributed by atoms with van der Waals surface area (Å²) in [4.78, 5) is 11.5. The Kier molecular flexibility index (Phi) is 5.65. The molecule has 1 aliphatic heterocycles. The summed E-state index contributed by atoms with van der Waals surface area (Å²) in [6.07, 6.45) is 4.25. The van der Waals surface area contributed by atoms with Crippen molar-refractivity contribution in [3.05, 3.63) is 0 Å². The van der Waals surface area contributed by atoms with E-state index in [1.165, 1.54) is 19.3 Å². The van der Waals surface area contributed by atoms with Crippen molar-refractivity contribution in [2.75, 3.05) is 19.6 Å². The van der Waals surface area contributed by atoms with Gasteiger partial charge in [0.25, 0.3) is 0 Å². The lowest BCUT2D eigenvalue weighted by Gasteiger charge is -2.26. The molecule has 0 aromatic heterocycles. The van der Waals surface area contributed by atoms with Crippen LogP contribution in [0.3, 0.4) is 0 Å². The van der Waals surface area contributed by atoms with Crippen LogP contribution in [-0.2, 0) is 4.79 Å². The van der Waals surface area contributed by atoms with E-state index in [9.17, 15) is 4.79 Å². The van der Waals surface area contributed by atoms with Gasteiger partial charge in [-0.3, -0.25) is 10.2 Å². The average molecular weight is 213 g/mol. The minimum atomic E-state index is 0.130. The van der Waals surface area contributed by atoms with Crippen LogP contribution in [-0.4, -0.2) is 36.6 Å². The zero-order valence-electron chi connectivity index (χ0n) is 9.88. The van der Waals surface area contributed by atoms with Gasteiger partial charge >= 0.3 is 0 Å². The first-order valence-corrected chi connectivity index (χ1v) is 5.96. The fourth-order valence-corrected chi connectivity index (χ4v) is 1.71. The first-order chi connectivity index (χ1) is 7.18. The number of nitrogens with one attached hydrogen (secondary N) is 2. The number of piperidine rings is 1. The molecule has 0 radical (unpaired) electrons. The highest BCUT2D eigenvalue weighted by Gasteiger charge is 2.12. The summed E-state index contributed by atoms with van der Waals surface area (Å²) in [6, 6.07) is 0.452. The molecule has 0 spiro atoms. The van der Waals surface area contributed by atoms with Crippen LogP contribution in [0.25, 0.3) is 0 Å². The van der Waals surface area contributed by atoms with E-state index < -0.39 is 0 Å². The standard InChI is InChI=1S/C11H23N3O/c1-10(2)12-7-6-11(15)13-14-8-4-3-5-9-14/h10,12H,3-9H2,1-2H3,(H,13,15). The van der Waals surface area contributed by atoms with Crippen LogP contribution >= 0.6 is 0 Å². The Hall–Kier alpha value is -0.610. The zero-order chi connectivity index (χ0) is 11.1. The molecular formula is C11H23N3O. The zero-order valence-corrected chi connectivity index (χ0v) is 9.88. The predicted molar refractivity (Wildman–Crippen MR) is 61.3 cm³/mol. The molecule has 1 heterocycles. The van der Waals surface area contributed by atoms with Crippen molar-refractivity contribution in [1.82, 2.24) is 15.8 Å². The molecule has 88 valence electrons. The lowest BCUT2D eigenvalue weighted by Crippen LogP contribution is -2.45. The van der Waals surface area contributed by atoms with Crippen molar-refractivity contribution in [2.24, 2.45) is 0 Å². The third-order valence-electron chi connectivity index (χ3n) is 2.54. The Balaban J connectivity index is 2.06. The molecule has 0 unspecified atom stereocenters. The topological polar surface area (TPSA) is 44.4 Å². The van der Waals surface area contributed by atoms with Crippen LogP contribution in [0.2, 0.25) is 0 Å². The summed E-state index contributed by atoms with van der Waals surface area (Å²) in [5, 5.41) is 5.28. The highest BCUT2D eigenvalue weighted by Crippen LogP contribution is 2.05. The third-order valence-corrected chi connectivity index (χ3v) is 2.54. The van der Waals surface area contributed by atoms with E-state index in [0.717, 1.165) is 19.6 Å². The van der Waals surface area contributed by atoms with Crippen molar-refractivity contribution >= 4 is 5.91 Å². The van der Waals surface area contributed by atoms with Gasteiger partial charge in [0.15, 0.2) is 0 Å². The van der Waals surface area contributed by atoms with Crippen LogP contribution in [0, 0.1) is 0 Å². The first kappa shape index (κ1) is 12.5. The minimum absolute atomic E-state index is 0.130. The minimum Gasteiger partial charge on any atom is -0.314 e. The number of nitrogens with zero attached hydrogens (tertiary/aromatic N) is 1. The smallest absolute Gasteiger partial charge is 0.235 e. The fourth-order valence-electron chi connectivity index (χ4n) is 1.71. The molecule has 0 aliphatic carbocycles. The van der Waals surface area contributed by atoms with Crippen molar-refractivity contribution in [1.29, 1.82) is 0 Å². The summed E-state index contributed by atoms with van der Waals surface area (Å²) >= 11 is 0. The average Bonchev–Trinajstić information content (AvgIpc) is 2.18. The van der Waals surface area contributed by atoms with E-state index >= 15 is 0 Å². The van der Waals surface area contributed by atoms with E-state index in [2.05, 4.69) is 24.6 Å². The Morgan fingerprint density at radius 3 is 2.53 bits per heavy atom. The van der Waals surface area contributed by atoms with E-state index in [1.807, 2.05) is 5.01 Å². The van der Waals surface area contributed by atoms with Crippen molar-refractivity contribution < 1.29 is 4.79 Å². The van der Waals surface area contributed by atoms with Gasteiger partial charge in [-0.15, -0.1) is 0 Å². The normalized spacial score (nSPS) is 18.1. The van der Waals surface area contributed by atoms with Gasteiger partial charge in [-0.05, 0) is 12.8 Å². The van der Waals surface area contributed by atoms with Crippen LogP contribution in [0.4, 0.5) is 0 Å². The van der Waals surface area contributed by atoms with Crippen LogP contribution in [0.5, 0.6) is 0 Å². The van der Waals surface area contributed by atoms with Crippen molar-refractivity contribution in [3.8, 4) is 0 Å². The maximum atomic E-state index is 11.5. The van der Waals surface area contributed by atoms with Gasteiger partial charge in [0.1, 0.15) is 0 Å². The molecule has 1 aliphatic rings. The largest absolute Gasteiger partial charge is 0.314 e. The molecule has 0 bridgehead atoms. The molecule has 1 saturated heterocycles. The number of hydrazine groups is 1. The number of carbonyl (C=O) groups excluding carboxylic acids is 1. The Labute approximate surface area is 92.4 Å². The molecule has 0 saturated carbocycles. The van der Waals surface area contributed by atoms with Gasteiger partial charge in [0, 0.05) is 32.1 Å². The fraction of sp³-hybridized carbons (Fsp3) is 0.909. The quantitative estimate of drug-likeness (QED) is 0.713. The van der Waals surface area contributed by atoms with E-state index in [0.29, 0.717) is 12.5 Å². The summed E-state index contributed by atoms with van der Waals surface area (Å²) in [6.45, 7) is 6.94. The number of hydrogen-bond acceptors (Lipinski definition) is 3. The van der Waals surface area contributed by atoms with Crippen LogP contribution in [0.1, 0.15) is 39.5 Å². The van der Waals surface area contributed by atoms with Gasteiger partial charge < -0.3 is 5.32 Å². The van der Waals surface area contributed by atoms with Gasteiger partial charge in [-0.25, -0.2) is 5.01 Å². The predicted octanol–water partition coefficient (Wildman–Crippen LogP) is 0.892. The molecule has 4 heteroatoms. The monoisotopic (exact) mass is 213 g/mol. The second-order valence-corrected chi connectivity index (χ2v) is 4.44. The Bertz CT molecular complexity index is 188. The molecule has 1 rings (SSSR count). The Morgan fingerprint density at radius 1 is 1.27 bits per heavy atom. The number of hydrogen-bond donors (Lipinski definition) is 2. The van der Waals surface area contributed by atoms with E-state index in [-0.39, 0.29) is 5.91 Å². The second-order valence-electron chi connectivity index (χ2n) is 4.44. The van der Waals surface area contributed by atoms with Gasteiger partial charge in [-0.2, -0.15) is 0 Å². The molecule has 0 aromatic rings. The molecule has 15 heavy (non-hydrogen) atoms. The molecule has 1 amide bonds. The number of carbonyl (C=O) groups is 1. The van der Waals surface area contributed by atoms with Gasteiger partial charge in [-0.1, -0.05) is 20.3 Å². The number of amides is 1. The van der Waals surface area contributed by atoms with Crippen molar-refractivity contribution in [3.63, 3.8) is 0 Å². The summed E-state index contributed by atoms with van der Waals surface area (Å²) in [5.74, 6) is 0.130. The van der Waals surface area contributed by atoms with Crippen LogP contribution in [0.15, 0.2) is 0 Å². The molecule has 0 aromatic carbocycles. The summed E-state index contributed by atoms with van der Waals surface area (Å²) < 4.78 is 0. The maximum Gasteiger partial charge on any atom is 0.235 e. The lowest BCUT2D eigenvalue weighted by atomic mass is 10.2. The molecular weight excluding hydrogens is 190 g/mol. The van der Waals surface area contributed by atoms with Gasteiger partial charge in [0.05, 0.1) is 0 Å². The highest BCUT2D eigenvalue weighted by atomic mass is 16.2. The molecule has 1 fully saturated rings. The van der Waals surface area contributed by atoms with Gasteiger partial charge in [0.2, 0.25) is 5.91 Å². The first-order valence-electron chi connectivity index (χ1n) is 5.96.